The van der Waals surface area contributed by atoms with E-state index in [1.165, 1.54) is 0 Å². The second-order valence-electron chi connectivity index (χ2n) is 3.93. The van der Waals surface area contributed by atoms with Crippen LogP contribution < -0.4 is 4.90 Å². The molecule has 1 fully saturated rings. The van der Waals surface area contributed by atoms with Crippen LogP contribution in [-0.4, -0.2) is 28.8 Å². The van der Waals surface area contributed by atoms with Gasteiger partial charge in [-0.25, -0.2) is 0 Å². The molecule has 0 N–H and O–H groups in total. The van der Waals surface area contributed by atoms with Crippen LogP contribution >= 0.6 is 15.9 Å². The second kappa shape index (κ2) is 5.65. The van der Waals surface area contributed by atoms with E-state index in [9.17, 15) is 4.21 Å². The number of rotatable bonds is 2. The second-order valence-corrected chi connectivity index (χ2v) is 6.19. The van der Waals surface area contributed by atoms with Crippen molar-refractivity contribution < 1.29 is 4.21 Å². The molecule has 0 amide bonds. The van der Waals surface area contributed by atoms with Gasteiger partial charge in [0.25, 0.3) is 0 Å². The number of halogens is 1. The summed E-state index contributed by atoms with van der Waals surface area (Å²) in [6.07, 6.45) is 0. The molecule has 2 rings (SSSR count). The average Bonchev–Trinajstić information content (AvgIpc) is 2.39. The van der Waals surface area contributed by atoms with Crippen LogP contribution in [-0.2, 0) is 16.1 Å². The van der Waals surface area contributed by atoms with E-state index in [0.29, 0.717) is 17.1 Å². The van der Waals surface area contributed by atoms with Gasteiger partial charge in [0, 0.05) is 40.7 Å². The number of nitrogens with zero attached hydrogens (tertiary/aromatic N) is 2. The van der Waals surface area contributed by atoms with Crippen LogP contribution in [0.2, 0.25) is 0 Å². The lowest BCUT2D eigenvalue weighted by Gasteiger charge is -2.29. The van der Waals surface area contributed by atoms with Gasteiger partial charge in [-0.3, -0.25) is 4.21 Å². The average molecular weight is 313 g/mol. The van der Waals surface area contributed by atoms with Crippen molar-refractivity contribution in [3.8, 4) is 6.07 Å². The highest BCUT2D eigenvalue weighted by Gasteiger charge is 2.18. The van der Waals surface area contributed by atoms with Gasteiger partial charge in [-0.2, -0.15) is 5.26 Å². The molecule has 0 radical (unpaired) electrons. The summed E-state index contributed by atoms with van der Waals surface area (Å²) in [5, 5.41) is 9.92. The fraction of sp³-hybridized carbons (Fsp3) is 0.417. The molecule has 0 aromatic heterocycles. The molecule has 0 unspecified atom stereocenters. The number of anilines is 1. The quantitative estimate of drug-likeness (QED) is 0.785. The predicted octanol–water partition coefficient (Wildman–Crippen LogP) is 2.02. The summed E-state index contributed by atoms with van der Waals surface area (Å²) in [6.45, 7) is 1.55. The minimum absolute atomic E-state index is 0.681. The molecule has 0 saturated carbocycles. The van der Waals surface area contributed by atoms with E-state index in [1.807, 2.05) is 18.2 Å². The SMILES string of the molecule is N#Cc1cc(CBr)ccc1N1CCS(=O)CC1. The molecule has 0 spiro atoms. The number of alkyl halides is 1. The van der Waals surface area contributed by atoms with Gasteiger partial charge in [-0.1, -0.05) is 22.0 Å². The van der Waals surface area contributed by atoms with Crippen molar-refractivity contribution in [3.63, 3.8) is 0 Å². The van der Waals surface area contributed by atoms with Gasteiger partial charge >= 0.3 is 0 Å². The molecule has 0 aliphatic carbocycles. The molecular weight excluding hydrogens is 300 g/mol. The summed E-state index contributed by atoms with van der Waals surface area (Å²) in [6, 6.07) is 8.17. The monoisotopic (exact) mass is 312 g/mol. The van der Waals surface area contributed by atoms with Gasteiger partial charge in [0.05, 0.1) is 11.3 Å². The Morgan fingerprint density at radius 1 is 1.41 bits per heavy atom. The summed E-state index contributed by atoms with van der Waals surface area (Å²) in [7, 11) is -0.681. The van der Waals surface area contributed by atoms with Crippen LogP contribution in [0.25, 0.3) is 0 Å². The highest BCUT2D eigenvalue weighted by atomic mass is 79.9. The zero-order valence-corrected chi connectivity index (χ0v) is 11.8. The lowest BCUT2D eigenvalue weighted by Crippen LogP contribution is -2.38. The standard InChI is InChI=1S/C12H13BrN2OS/c13-8-10-1-2-12(11(7-10)9-14)15-3-5-17(16)6-4-15/h1-2,7H,3-6,8H2. The van der Waals surface area contributed by atoms with E-state index in [1.54, 1.807) is 0 Å². The third kappa shape index (κ3) is 2.88. The maximum Gasteiger partial charge on any atom is 0.101 e. The zero-order chi connectivity index (χ0) is 12.3. The van der Waals surface area contributed by atoms with Gasteiger partial charge in [-0.05, 0) is 17.7 Å². The van der Waals surface area contributed by atoms with Crippen molar-refractivity contribution in [1.82, 2.24) is 0 Å². The van der Waals surface area contributed by atoms with Gasteiger partial charge in [-0.15, -0.1) is 0 Å². The molecule has 1 saturated heterocycles. The predicted molar refractivity (Wildman–Crippen MR) is 73.9 cm³/mol. The van der Waals surface area contributed by atoms with Gasteiger partial charge in [0.15, 0.2) is 0 Å². The van der Waals surface area contributed by atoms with Crippen molar-refractivity contribution in [3.05, 3.63) is 29.3 Å². The third-order valence-corrected chi connectivity index (χ3v) is 4.78. The minimum atomic E-state index is -0.681. The minimum Gasteiger partial charge on any atom is -0.369 e. The van der Waals surface area contributed by atoms with Crippen LogP contribution in [0.4, 0.5) is 5.69 Å². The summed E-state index contributed by atoms with van der Waals surface area (Å²) in [4.78, 5) is 2.15. The molecule has 90 valence electrons. The van der Waals surface area contributed by atoms with Crippen molar-refractivity contribution in [2.45, 2.75) is 5.33 Å². The maximum atomic E-state index is 11.3. The molecule has 0 bridgehead atoms. The van der Waals surface area contributed by atoms with Crippen LogP contribution in [0.15, 0.2) is 18.2 Å². The summed E-state index contributed by atoms with van der Waals surface area (Å²) in [5.74, 6) is 1.40. The smallest absolute Gasteiger partial charge is 0.101 e. The van der Waals surface area contributed by atoms with Gasteiger partial charge in [0.2, 0.25) is 0 Å². The highest BCUT2D eigenvalue weighted by molar-refractivity contribution is 9.08. The number of hydrogen-bond acceptors (Lipinski definition) is 3. The Kier molecular flexibility index (Phi) is 4.19. The first-order valence-electron chi connectivity index (χ1n) is 5.43. The maximum absolute atomic E-state index is 11.3. The number of benzene rings is 1. The topological polar surface area (TPSA) is 44.1 Å². The molecule has 3 nitrogen and oxygen atoms in total. The lowest BCUT2D eigenvalue weighted by molar-refractivity contribution is 0.673. The molecule has 5 heteroatoms. The van der Waals surface area contributed by atoms with Crippen LogP contribution in [0, 0.1) is 11.3 Å². The van der Waals surface area contributed by atoms with E-state index in [-0.39, 0.29) is 0 Å². The summed E-state index contributed by atoms with van der Waals surface area (Å²) in [5.41, 5.74) is 2.77. The van der Waals surface area contributed by atoms with E-state index in [0.717, 1.165) is 29.7 Å². The molecular formula is C12H13BrN2OS. The van der Waals surface area contributed by atoms with Crippen molar-refractivity contribution in [1.29, 1.82) is 5.26 Å². The molecule has 0 atom stereocenters. The van der Waals surface area contributed by atoms with E-state index >= 15 is 0 Å². The Morgan fingerprint density at radius 3 is 2.71 bits per heavy atom. The molecule has 17 heavy (non-hydrogen) atoms. The van der Waals surface area contributed by atoms with E-state index in [4.69, 9.17) is 5.26 Å². The van der Waals surface area contributed by atoms with Crippen LogP contribution in [0.3, 0.4) is 0 Å². The first-order chi connectivity index (χ1) is 8.24. The Bertz CT molecular complexity index is 474. The highest BCUT2D eigenvalue weighted by Crippen LogP contribution is 2.23. The number of nitriles is 1. The Labute approximate surface area is 112 Å². The molecule has 1 aliphatic rings. The van der Waals surface area contributed by atoms with Crippen LogP contribution in [0.5, 0.6) is 0 Å². The third-order valence-electron chi connectivity index (χ3n) is 2.85. The van der Waals surface area contributed by atoms with Crippen molar-refractivity contribution in [2.24, 2.45) is 0 Å². The Hall–Kier alpha value is -0.860. The normalized spacial score (nSPS) is 16.8. The van der Waals surface area contributed by atoms with Crippen LogP contribution in [0.1, 0.15) is 11.1 Å². The van der Waals surface area contributed by atoms with E-state index < -0.39 is 10.8 Å². The summed E-state index contributed by atoms with van der Waals surface area (Å²) < 4.78 is 11.3. The largest absolute Gasteiger partial charge is 0.369 e. The fourth-order valence-corrected chi connectivity index (χ4v) is 3.31. The fourth-order valence-electron chi connectivity index (χ4n) is 1.91. The molecule has 1 aromatic rings. The number of hydrogen-bond donors (Lipinski definition) is 0. The van der Waals surface area contributed by atoms with Crippen molar-refractivity contribution in [2.75, 3.05) is 29.5 Å². The first kappa shape index (κ1) is 12.6. The van der Waals surface area contributed by atoms with Gasteiger partial charge < -0.3 is 4.90 Å². The Morgan fingerprint density at radius 2 is 2.12 bits per heavy atom. The van der Waals surface area contributed by atoms with Gasteiger partial charge in [0.1, 0.15) is 6.07 Å². The summed E-state index contributed by atoms with van der Waals surface area (Å²) >= 11 is 3.39. The molecule has 1 aromatic carbocycles. The first-order valence-corrected chi connectivity index (χ1v) is 8.04. The lowest BCUT2D eigenvalue weighted by atomic mass is 10.1. The molecule has 1 heterocycles. The van der Waals surface area contributed by atoms with Crippen molar-refractivity contribution >= 4 is 32.4 Å². The Balaban J connectivity index is 2.26. The molecule has 1 aliphatic heterocycles. The van der Waals surface area contributed by atoms with E-state index in [2.05, 4.69) is 26.9 Å². The zero-order valence-electron chi connectivity index (χ0n) is 9.36.